The first-order chi connectivity index (χ1) is 4.04. The van der Waals surface area contributed by atoms with Crippen LogP contribution in [0.5, 0.6) is 0 Å². The van der Waals surface area contributed by atoms with Crippen molar-refractivity contribution in [2.24, 2.45) is 5.92 Å². The lowest BCUT2D eigenvalue weighted by atomic mass is 10.2. The van der Waals surface area contributed by atoms with Crippen LogP contribution >= 0.6 is 0 Å². The van der Waals surface area contributed by atoms with Gasteiger partial charge in [0.05, 0.1) is 5.92 Å². The molecule has 0 aliphatic rings. The van der Waals surface area contributed by atoms with Crippen LogP contribution in [0.4, 0.5) is 0 Å². The lowest BCUT2D eigenvalue weighted by Crippen LogP contribution is -2.24. The third kappa shape index (κ3) is 3.97. The van der Waals surface area contributed by atoms with Crippen molar-refractivity contribution in [3.05, 3.63) is 0 Å². The predicted molar refractivity (Wildman–Crippen MR) is 33.4 cm³/mol. The third-order valence-corrected chi connectivity index (χ3v) is 1.04. The van der Waals surface area contributed by atoms with E-state index in [9.17, 15) is 9.90 Å². The van der Waals surface area contributed by atoms with Crippen molar-refractivity contribution in [3.8, 4) is 0 Å². The normalized spacial score (nSPS) is 13.8. The summed E-state index contributed by atoms with van der Waals surface area (Å²) >= 11 is 0. The average molecular weight is 130 g/mol. The van der Waals surface area contributed by atoms with Gasteiger partial charge in [-0.05, 0) is 14.1 Å². The van der Waals surface area contributed by atoms with E-state index in [2.05, 4.69) is 0 Å². The molecule has 3 nitrogen and oxygen atoms in total. The van der Waals surface area contributed by atoms with Gasteiger partial charge in [0.2, 0.25) is 0 Å². The Balaban J connectivity index is 3.50. The molecule has 0 saturated heterocycles. The molecule has 0 aliphatic heterocycles. The van der Waals surface area contributed by atoms with Crippen LogP contribution in [0, 0.1) is 5.92 Å². The van der Waals surface area contributed by atoms with Crippen LogP contribution in [0.3, 0.4) is 0 Å². The van der Waals surface area contributed by atoms with E-state index in [1.165, 1.54) is 0 Å². The molecule has 1 atom stereocenters. The zero-order chi connectivity index (χ0) is 7.44. The molecule has 0 fully saturated rings. The number of hydrogen-bond donors (Lipinski definition) is 0. The van der Waals surface area contributed by atoms with Crippen LogP contribution in [0.2, 0.25) is 0 Å². The molecule has 0 aliphatic carbocycles. The Morgan fingerprint density at radius 3 is 2.11 bits per heavy atom. The van der Waals surface area contributed by atoms with Crippen LogP contribution in [-0.4, -0.2) is 31.5 Å². The molecule has 0 rings (SSSR count). The second-order valence-corrected chi connectivity index (χ2v) is 2.48. The fourth-order valence-corrected chi connectivity index (χ4v) is 0.622. The molecule has 0 aromatic heterocycles. The molecule has 0 N–H and O–H groups in total. The van der Waals surface area contributed by atoms with E-state index in [0.29, 0.717) is 6.54 Å². The summed E-state index contributed by atoms with van der Waals surface area (Å²) in [5, 5.41) is 10.1. The largest absolute Gasteiger partial charge is 0.359 e. The number of nitrogens with zero attached hydrogens (tertiary/aromatic N) is 1. The summed E-state index contributed by atoms with van der Waals surface area (Å²) in [7, 11) is 3.67. The summed E-state index contributed by atoms with van der Waals surface area (Å²) in [6.07, 6.45) is 0. The van der Waals surface area contributed by atoms with E-state index in [-0.39, 0.29) is 5.92 Å². The Morgan fingerprint density at radius 2 is 2.00 bits per heavy atom. The maximum absolute atomic E-state index is 10.1. The van der Waals surface area contributed by atoms with E-state index < -0.39 is 5.97 Å². The Hall–Kier alpha value is -0.570. The minimum atomic E-state index is -0.983. The molecule has 53 valence electrons. The minimum absolute atomic E-state index is 0.375. The van der Waals surface area contributed by atoms with E-state index in [4.69, 9.17) is 0 Å². The number of carbonyl (C=O) groups excluding carboxylic acids is 1. The summed E-state index contributed by atoms with van der Waals surface area (Å²) in [6, 6.07) is 0. The van der Waals surface area contributed by atoms with Gasteiger partial charge in [0.15, 0.2) is 0 Å². The molecule has 0 bridgehead atoms. The molecule has 3 heteroatoms. The van der Waals surface area contributed by atoms with E-state index in [1.54, 1.807) is 6.92 Å². The highest BCUT2D eigenvalue weighted by Crippen LogP contribution is 1.95. The summed E-state index contributed by atoms with van der Waals surface area (Å²) in [5.74, 6) is -1.36. The van der Waals surface area contributed by atoms with Crippen LogP contribution in [0.25, 0.3) is 0 Å². The van der Waals surface area contributed by atoms with E-state index >= 15 is 0 Å². The molecule has 0 heterocycles. The van der Waals surface area contributed by atoms with Crippen LogP contribution in [0.1, 0.15) is 6.92 Å². The number of rotatable bonds is 3. The van der Waals surface area contributed by atoms with Crippen LogP contribution in [-0.2, 0) is 9.90 Å². The van der Waals surface area contributed by atoms with Gasteiger partial charge in [0.25, 0.3) is 0 Å². The Morgan fingerprint density at radius 1 is 1.56 bits per heavy atom. The van der Waals surface area contributed by atoms with Crippen molar-refractivity contribution in [1.29, 1.82) is 0 Å². The lowest BCUT2D eigenvalue weighted by molar-refractivity contribution is -0.147. The standard InChI is InChI=1S/C6H12NO2/c1-5(6(8)9)4-7(2)3/h5H,4H2,1-3H3. The van der Waals surface area contributed by atoms with Crippen molar-refractivity contribution in [1.82, 2.24) is 4.90 Å². The Kier molecular flexibility index (Phi) is 3.24. The second-order valence-electron chi connectivity index (χ2n) is 2.48. The summed E-state index contributed by atoms with van der Waals surface area (Å²) in [4.78, 5) is 11.9. The fraction of sp³-hybridized carbons (Fsp3) is 0.833. The summed E-state index contributed by atoms with van der Waals surface area (Å²) < 4.78 is 0. The zero-order valence-corrected chi connectivity index (χ0v) is 6.05. The molecule has 0 aromatic rings. The molecule has 1 radical (unpaired) electrons. The highest BCUT2D eigenvalue weighted by atomic mass is 16.4. The van der Waals surface area contributed by atoms with Crippen LogP contribution < -0.4 is 0 Å². The molecule has 0 amide bonds. The maximum atomic E-state index is 10.1. The average Bonchev–Trinajstić information content (AvgIpc) is 1.63. The van der Waals surface area contributed by atoms with Crippen molar-refractivity contribution in [3.63, 3.8) is 0 Å². The maximum Gasteiger partial charge on any atom is 0.359 e. The highest BCUT2D eigenvalue weighted by Gasteiger charge is 2.12. The number of hydrogen-bond acceptors (Lipinski definition) is 2. The monoisotopic (exact) mass is 130 g/mol. The van der Waals surface area contributed by atoms with E-state index in [0.717, 1.165) is 0 Å². The molecule has 0 saturated carbocycles. The summed E-state index contributed by atoms with van der Waals surface area (Å²) in [5.41, 5.74) is 0. The van der Waals surface area contributed by atoms with Gasteiger partial charge in [-0.15, -0.1) is 0 Å². The molecule has 1 unspecified atom stereocenters. The van der Waals surface area contributed by atoms with Gasteiger partial charge in [-0.2, -0.15) is 0 Å². The molecular weight excluding hydrogens is 118 g/mol. The quantitative estimate of drug-likeness (QED) is 0.545. The Labute approximate surface area is 55.3 Å². The van der Waals surface area contributed by atoms with Crippen LogP contribution in [0.15, 0.2) is 0 Å². The predicted octanol–water partition coefficient (Wildman–Crippen LogP) is 0.141. The van der Waals surface area contributed by atoms with Crippen molar-refractivity contribution in [2.45, 2.75) is 6.92 Å². The first-order valence-electron chi connectivity index (χ1n) is 2.89. The SMILES string of the molecule is CC(CN(C)C)C([O])=O. The lowest BCUT2D eigenvalue weighted by Gasteiger charge is -2.10. The fourth-order valence-electron chi connectivity index (χ4n) is 0.622. The van der Waals surface area contributed by atoms with Gasteiger partial charge >= 0.3 is 5.97 Å². The first kappa shape index (κ1) is 8.43. The van der Waals surface area contributed by atoms with Gasteiger partial charge in [0, 0.05) is 6.54 Å². The van der Waals surface area contributed by atoms with Crippen molar-refractivity contribution >= 4 is 5.97 Å². The minimum Gasteiger partial charge on any atom is -0.309 e. The van der Waals surface area contributed by atoms with Crippen molar-refractivity contribution < 1.29 is 9.90 Å². The molecule has 0 aromatic carbocycles. The van der Waals surface area contributed by atoms with Gasteiger partial charge < -0.3 is 4.90 Å². The molecule has 9 heavy (non-hydrogen) atoms. The summed E-state index contributed by atoms with van der Waals surface area (Å²) in [6.45, 7) is 2.18. The highest BCUT2D eigenvalue weighted by molar-refractivity contribution is 5.69. The smallest absolute Gasteiger partial charge is 0.309 e. The zero-order valence-electron chi connectivity index (χ0n) is 6.05. The van der Waals surface area contributed by atoms with Crippen molar-refractivity contribution in [2.75, 3.05) is 20.6 Å². The molecule has 0 spiro atoms. The van der Waals surface area contributed by atoms with Gasteiger partial charge in [-0.1, -0.05) is 6.92 Å². The first-order valence-corrected chi connectivity index (χ1v) is 2.89. The Bertz CT molecular complexity index is 101. The van der Waals surface area contributed by atoms with E-state index in [1.807, 2.05) is 19.0 Å². The van der Waals surface area contributed by atoms with Gasteiger partial charge in [0.1, 0.15) is 0 Å². The molecular formula is C6H12NO2. The second kappa shape index (κ2) is 3.45. The van der Waals surface area contributed by atoms with Gasteiger partial charge in [-0.25, -0.2) is 9.90 Å². The van der Waals surface area contributed by atoms with Gasteiger partial charge in [-0.3, -0.25) is 0 Å². The number of carbonyl (C=O) groups is 1. The third-order valence-electron chi connectivity index (χ3n) is 1.04. The topological polar surface area (TPSA) is 40.2 Å².